The smallest absolute Gasteiger partial charge is 0.0355 e. The van der Waals surface area contributed by atoms with Crippen molar-refractivity contribution in [2.75, 3.05) is 0 Å². The second-order valence-corrected chi connectivity index (χ2v) is 4.48. The minimum atomic E-state index is 0.998. The summed E-state index contributed by atoms with van der Waals surface area (Å²) in [6.45, 7) is 7.34. The fraction of sp³-hybridized carbons (Fsp3) is 1.00. The third-order valence-corrected chi connectivity index (χ3v) is 4.39. The van der Waals surface area contributed by atoms with Crippen LogP contribution in [0.5, 0.6) is 0 Å². The fourth-order valence-electron chi connectivity index (χ4n) is 3.12. The van der Waals surface area contributed by atoms with E-state index in [4.69, 9.17) is 0 Å². The minimum Gasteiger partial charge on any atom is -0.0620 e. The molecule has 0 aromatic carbocycles. The van der Waals surface area contributed by atoms with E-state index in [1.807, 2.05) is 0 Å². The Morgan fingerprint density at radius 1 is 0.700 bits per heavy atom. The Balaban J connectivity index is 2.14. The van der Waals surface area contributed by atoms with Crippen molar-refractivity contribution in [2.45, 2.75) is 33.6 Å². The average molecular weight is 138 g/mol. The van der Waals surface area contributed by atoms with E-state index in [0.29, 0.717) is 0 Å². The number of hydrogen-bond acceptors (Lipinski definition) is 0. The van der Waals surface area contributed by atoms with Crippen LogP contribution < -0.4 is 0 Å². The van der Waals surface area contributed by atoms with Crippen LogP contribution in [0.1, 0.15) is 33.6 Å². The molecule has 0 aliphatic heterocycles. The van der Waals surface area contributed by atoms with E-state index in [-0.39, 0.29) is 0 Å². The first-order valence-corrected chi connectivity index (χ1v) is 4.72. The van der Waals surface area contributed by atoms with Crippen molar-refractivity contribution in [3.63, 3.8) is 0 Å². The van der Waals surface area contributed by atoms with Gasteiger partial charge in [-0.15, -0.1) is 0 Å². The van der Waals surface area contributed by atoms with E-state index in [2.05, 4.69) is 20.8 Å². The van der Waals surface area contributed by atoms with Gasteiger partial charge in [0.15, 0.2) is 0 Å². The van der Waals surface area contributed by atoms with Crippen molar-refractivity contribution in [1.29, 1.82) is 0 Å². The summed E-state index contributed by atoms with van der Waals surface area (Å²) in [6, 6.07) is 0. The molecule has 0 heteroatoms. The number of fused-ring (bicyclic) bond motifs is 1. The summed E-state index contributed by atoms with van der Waals surface area (Å²) >= 11 is 0. The summed E-state index contributed by atoms with van der Waals surface area (Å²) in [5.74, 6) is 5.27. The predicted molar refractivity (Wildman–Crippen MR) is 43.7 cm³/mol. The molecule has 0 heterocycles. The molecule has 0 aromatic rings. The molecule has 10 heavy (non-hydrogen) atoms. The maximum atomic E-state index is 2.45. The molecule has 0 amide bonds. The quantitative estimate of drug-likeness (QED) is 0.483. The van der Waals surface area contributed by atoms with Gasteiger partial charge in [0.2, 0.25) is 0 Å². The van der Waals surface area contributed by atoms with Gasteiger partial charge in [0.25, 0.3) is 0 Å². The zero-order chi connectivity index (χ0) is 7.30. The third-order valence-electron chi connectivity index (χ3n) is 4.39. The lowest BCUT2D eigenvalue weighted by atomic mass is 9.71. The molecular weight excluding hydrogens is 120 g/mol. The first-order chi connectivity index (χ1) is 4.72. The van der Waals surface area contributed by atoms with Crippen LogP contribution in [0.25, 0.3) is 0 Å². The van der Waals surface area contributed by atoms with Crippen LogP contribution in [-0.2, 0) is 0 Å². The second kappa shape index (κ2) is 1.99. The van der Waals surface area contributed by atoms with Gasteiger partial charge in [-0.05, 0) is 42.4 Å². The SMILES string of the molecule is CC1C(C)C2CCC2C1C. The van der Waals surface area contributed by atoms with Gasteiger partial charge < -0.3 is 0 Å². The van der Waals surface area contributed by atoms with Gasteiger partial charge in [0.1, 0.15) is 0 Å². The topological polar surface area (TPSA) is 0 Å². The highest BCUT2D eigenvalue weighted by molar-refractivity contribution is 4.97. The molecule has 0 N–H and O–H groups in total. The third kappa shape index (κ3) is 0.627. The maximum Gasteiger partial charge on any atom is -0.0355 e. The number of rotatable bonds is 0. The summed E-state index contributed by atoms with van der Waals surface area (Å²) in [4.78, 5) is 0. The second-order valence-electron chi connectivity index (χ2n) is 4.48. The molecule has 0 aromatic heterocycles. The van der Waals surface area contributed by atoms with Crippen molar-refractivity contribution in [2.24, 2.45) is 29.6 Å². The lowest BCUT2D eigenvalue weighted by Gasteiger charge is -2.34. The molecule has 2 saturated carbocycles. The van der Waals surface area contributed by atoms with Gasteiger partial charge >= 0.3 is 0 Å². The van der Waals surface area contributed by atoms with Crippen LogP contribution in [0.3, 0.4) is 0 Å². The van der Waals surface area contributed by atoms with Crippen LogP contribution in [0, 0.1) is 29.6 Å². The van der Waals surface area contributed by atoms with Crippen LogP contribution >= 0.6 is 0 Å². The van der Waals surface area contributed by atoms with E-state index in [9.17, 15) is 0 Å². The highest BCUT2D eigenvalue weighted by Gasteiger charge is 2.48. The fourth-order valence-corrected chi connectivity index (χ4v) is 3.12. The van der Waals surface area contributed by atoms with Gasteiger partial charge in [-0.25, -0.2) is 0 Å². The van der Waals surface area contributed by atoms with E-state index >= 15 is 0 Å². The van der Waals surface area contributed by atoms with Crippen molar-refractivity contribution in [3.8, 4) is 0 Å². The van der Waals surface area contributed by atoms with Crippen molar-refractivity contribution >= 4 is 0 Å². The lowest BCUT2D eigenvalue weighted by Crippen LogP contribution is -2.26. The summed E-state index contributed by atoms with van der Waals surface area (Å²) in [5.41, 5.74) is 0. The van der Waals surface area contributed by atoms with Crippen molar-refractivity contribution in [3.05, 3.63) is 0 Å². The van der Waals surface area contributed by atoms with Gasteiger partial charge in [0, 0.05) is 0 Å². The van der Waals surface area contributed by atoms with E-state index in [0.717, 1.165) is 29.6 Å². The molecule has 2 aliphatic carbocycles. The Hall–Kier alpha value is 0. The molecule has 4 unspecified atom stereocenters. The summed E-state index contributed by atoms with van der Waals surface area (Å²) in [5, 5.41) is 0. The number of hydrogen-bond donors (Lipinski definition) is 0. The van der Waals surface area contributed by atoms with Crippen molar-refractivity contribution in [1.82, 2.24) is 0 Å². The molecule has 58 valence electrons. The highest BCUT2D eigenvalue weighted by Crippen LogP contribution is 2.55. The van der Waals surface area contributed by atoms with E-state index < -0.39 is 0 Å². The largest absolute Gasteiger partial charge is 0.0620 e. The molecule has 0 nitrogen and oxygen atoms in total. The van der Waals surface area contributed by atoms with Crippen LogP contribution in [0.2, 0.25) is 0 Å². The van der Waals surface area contributed by atoms with E-state index in [1.165, 1.54) is 12.8 Å². The molecule has 0 bridgehead atoms. The average Bonchev–Trinajstić information content (AvgIpc) is 1.92. The summed E-state index contributed by atoms with van der Waals surface area (Å²) < 4.78 is 0. The monoisotopic (exact) mass is 138 g/mol. The van der Waals surface area contributed by atoms with Crippen molar-refractivity contribution < 1.29 is 0 Å². The van der Waals surface area contributed by atoms with Crippen LogP contribution in [0.4, 0.5) is 0 Å². The molecule has 0 spiro atoms. The van der Waals surface area contributed by atoms with Crippen LogP contribution in [-0.4, -0.2) is 0 Å². The first kappa shape index (κ1) is 6.69. The zero-order valence-electron chi connectivity index (χ0n) is 7.30. The van der Waals surface area contributed by atoms with Gasteiger partial charge in [-0.3, -0.25) is 0 Å². The Labute approximate surface area is 64.0 Å². The van der Waals surface area contributed by atoms with Gasteiger partial charge in [0.05, 0.1) is 0 Å². The zero-order valence-corrected chi connectivity index (χ0v) is 7.30. The molecule has 0 saturated heterocycles. The molecule has 2 aliphatic rings. The maximum absolute atomic E-state index is 2.45. The Morgan fingerprint density at radius 2 is 1.10 bits per heavy atom. The lowest BCUT2D eigenvalue weighted by molar-refractivity contribution is 0.154. The Bertz CT molecular complexity index is 102. The standard InChI is InChI=1S/C10H18/c1-6-7(2)9-4-5-10(9)8(6)3/h6-10H,4-5H2,1-3H3. The van der Waals surface area contributed by atoms with Crippen LogP contribution in [0.15, 0.2) is 0 Å². The Morgan fingerprint density at radius 3 is 1.30 bits per heavy atom. The predicted octanol–water partition coefficient (Wildman–Crippen LogP) is 2.93. The molecule has 4 atom stereocenters. The van der Waals surface area contributed by atoms with E-state index in [1.54, 1.807) is 0 Å². The van der Waals surface area contributed by atoms with Gasteiger partial charge in [-0.2, -0.15) is 0 Å². The minimum absolute atomic E-state index is 0.998. The molecule has 0 radical (unpaired) electrons. The highest BCUT2D eigenvalue weighted by atomic mass is 14.5. The first-order valence-electron chi connectivity index (χ1n) is 4.72. The molecular formula is C10H18. The summed E-state index contributed by atoms with van der Waals surface area (Å²) in [6.07, 6.45) is 3.06. The normalized spacial score (nSPS) is 59.7. The molecule has 2 fully saturated rings. The summed E-state index contributed by atoms with van der Waals surface area (Å²) in [7, 11) is 0. The van der Waals surface area contributed by atoms with Gasteiger partial charge in [-0.1, -0.05) is 20.8 Å². The Kier molecular flexibility index (Phi) is 1.33. The molecule has 2 rings (SSSR count).